The van der Waals surface area contributed by atoms with E-state index in [4.69, 9.17) is 0 Å². The molecule has 1 saturated carbocycles. The summed E-state index contributed by atoms with van der Waals surface area (Å²) in [6.45, 7) is 5.62. The van der Waals surface area contributed by atoms with E-state index in [1.165, 1.54) is 30.3 Å². The molecular weight excluding hydrogens is 477 g/mol. The van der Waals surface area contributed by atoms with E-state index in [9.17, 15) is 23.8 Å². The van der Waals surface area contributed by atoms with Gasteiger partial charge in [0.15, 0.2) is 11.5 Å². The zero-order valence-corrected chi connectivity index (χ0v) is 20.1. The highest BCUT2D eigenvalue weighted by Gasteiger charge is 2.53. The standard InChI is InChI=1S/C26H27F3N2O5.4H2/c1-24(2,3)22-9-14-8-18(17(27)11-19(14)31(22)12-16(33)13-32)30-23(34)25(6-7-25)15-4-5-20-21(10-15)36-26(28,29)35-20;;;;/h4-5,8-11,16,32-33H,6-7,12-13H2,1-3H3,(H,30,34);4*1H/t16-;;;;/m1..../s1. The van der Waals surface area contributed by atoms with Crippen LogP contribution in [-0.2, 0) is 22.2 Å². The van der Waals surface area contributed by atoms with Gasteiger partial charge in [0.05, 0.1) is 35.9 Å². The van der Waals surface area contributed by atoms with Crippen molar-refractivity contribution in [3.63, 3.8) is 0 Å². The minimum absolute atomic E-state index is 0. The Bertz CT molecular complexity index is 1380. The van der Waals surface area contributed by atoms with Crippen molar-refractivity contribution in [2.75, 3.05) is 11.9 Å². The second kappa shape index (κ2) is 8.14. The molecule has 1 atom stereocenters. The number of anilines is 1. The summed E-state index contributed by atoms with van der Waals surface area (Å²) in [6, 6.07) is 8.95. The van der Waals surface area contributed by atoms with E-state index in [0.29, 0.717) is 29.3 Å². The molecule has 2 heterocycles. The number of amides is 1. The van der Waals surface area contributed by atoms with Gasteiger partial charge in [-0.15, -0.1) is 8.78 Å². The third kappa shape index (κ3) is 4.18. The van der Waals surface area contributed by atoms with Crippen molar-refractivity contribution in [3.8, 4) is 11.5 Å². The van der Waals surface area contributed by atoms with Crippen LogP contribution in [-0.4, -0.2) is 39.7 Å². The van der Waals surface area contributed by atoms with Crippen LogP contribution in [0.25, 0.3) is 10.9 Å². The predicted molar refractivity (Wildman–Crippen MR) is 134 cm³/mol. The van der Waals surface area contributed by atoms with Crippen LogP contribution in [0, 0.1) is 5.82 Å². The highest BCUT2D eigenvalue weighted by molar-refractivity contribution is 6.02. The van der Waals surface area contributed by atoms with Crippen molar-refractivity contribution >= 4 is 22.5 Å². The van der Waals surface area contributed by atoms with Crippen LogP contribution in [0.4, 0.5) is 18.9 Å². The van der Waals surface area contributed by atoms with Crippen molar-refractivity contribution in [3.05, 3.63) is 53.5 Å². The molecule has 1 fully saturated rings. The molecule has 7 nitrogen and oxygen atoms in total. The summed E-state index contributed by atoms with van der Waals surface area (Å²) in [5, 5.41) is 22.7. The van der Waals surface area contributed by atoms with E-state index in [-0.39, 0.29) is 34.9 Å². The predicted octanol–water partition coefficient (Wildman–Crippen LogP) is 5.41. The van der Waals surface area contributed by atoms with E-state index in [0.717, 1.165) is 5.69 Å². The van der Waals surface area contributed by atoms with E-state index in [1.807, 2.05) is 26.8 Å². The summed E-state index contributed by atoms with van der Waals surface area (Å²) in [7, 11) is 0. The lowest BCUT2D eigenvalue weighted by Gasteiger charge is -2.23. The van der Waals surface area contributed by atoms with Gasteiger partial charge in [0.2, 0.25) is 5.91 Å². The molecule has 1 aliphatic heterocycles. The van der Waals surface area contributed by atoms with Crippen molar-refractivity contribution in [2.24, 2.45) is 0 Å². The van der Waals surface area contributed by atoms with Gasteiger partial charge in [-0.1, -0.05) is 26.8 Å². The number of carbonyl (C=O) groups excluding carboxylic acids is 1. The molecule has 0 unspecified atom stereocenters. The maximum atomic E-state index is 15.2. The molecule has 1 aliphatic carbocycles. The number of nitrogens with one attached hydrogen (secondary N) is 1. The van der Waals surface area contributed by atoms with Gasteiger partial charge in [-0.25, -0.2) is 4.39 Å². The molecule has 0 saturated heterocycles. The Morgan fingerprint density at radius 1 is 1.17 bits per heavy atom. The average Bonchev–Trinajstić information content (AvgIpc) is 3.44. The van der Waals surface area contributed by atoms with Gasteiger partial charge < -0.3 is 29.6 Å². The number of hydrogen-bond acceptors (Lipinski definition) is 5. The van der Waals surface area contributed by atoms with E-state index < -0.39 is 36.1 Å². The van der Waals surface area contributed by atoms with Gasteiger partial charge >= 0.3 is 6.29 Å². The molecular formula is C26H35F3N2O5. The molecule has 2 aliphatic rings. The van der Waals surface area contributed by atoms with Crippen molar-refractivity contribution < 1.29 is 43.4 Å². The molecule has 2 aromatic carbocycles. The lowest BCUT2D eigenvalue weighted by molar-refractivity contribution is -0.286. The fourth-order valence-corrected chi connectivity index (χ4v) is 4.73. The third-order valence-electron chi connectivity index (χ3n) is 6.75. The lowest BCUT2D eigenvalue weighted by Crippen LogP contribution is -2.28. The molecule has 5 rings (SSSR count). The second-order valence-electron chi connectivity index (χ2n) is 10.5. The molecule has 200 valence electrons. The third-order valence-corrected chi connectivity index (χ3v) is 6.75. The van der Waals surface area contributed by atoms with Crippen molar-refractivity contribution in [1.82, 2.24) is 4.57 Å². The number of benzene rings is 2. The van der Waals surface area contributed by atoms with Crippen LogP contribution in [0.3, 0.4) is 0 Å². The molecule has 1 aromatic heterocycles. The first-order chi connectivity index (χ1) is 16.8. The summed E-state index contributed by atoms with van der Waals surface area (Å²) >= 11 is 0. The van der Waals surface area contributed by atoms with Gasteiger partial charge in [-0.3, -0.25) is 4.79 Å². The Morgan fingerprint density at radius 2 is 1.86 bits per heavy atom. The van der Waals surface area contributed by atoms with Gasteiger partial charge in [0.25, 0.3) is 0 Å². The summed E-state index contributed by atoms with van der Waals surface area (Å²) in [6.07, 6.45) is -3.82. The van der Waals surface area contributed by atoms with Crippen LogP contribution < -0.4 is 14.8 Å². The SMILES string of the molecule is CC(C)(C)c1cc2cc(NC(=O)C3(c4ccc5c(c4)OC(F)(F)O5)CC3)c(F)cc2n1C[C@@H](O)CO.[HH].[HH].[HH].[HH]. The zero-order valence-electron chi connectivity index (χ0n) is 20.1. The number of aliphatic hydroxyl groups excluding tert-OH is 2. The summed E-state index contributed by atoms with van der Waals surface area (Å²) in [5.41, 5.74) is 0.532. The summed E-state index contributed by atoms with van der Waals surface area (Å²) in [5.74, 6) is -1.36. The van der Waals surface area contributed by atoms with Gasteiger partial charge in [0.1, 0.15) is 5.82 Å². The van der Waals surface area contributed by atoms with Gasteiger partial charge in [0, 0.05) is 28.3 Å². The van der Waals surface area contributed by atoms with E-state index in [1.54, 1.807) is 4.57 Å². The summed E-state index contributed by atoms with van der Waals surface area (Å²) in [4.78, 5) is 13.3. The number of ether oxygens (including phenoxy) is 2. The van der Waals surface area contributed by atoms with Crippen molar-refractivity contribution in [2.45, 2.75) is 63.4 Å². The lowest BCUT2D eigenvalue weighted by atomic mass is 9.92. The van der Waals surface area contributed by atoms with Gasteiger partial charge in [-0.2, -0.15) is 0 Å². The highest BCUT2D eigenvalue weighted by Crippen LogP contribution is 2.52. The maximum Gasteiger partial charge on any atom is 0.586 e. The zero-order chi connectivity index (χ0) is 26.0. The quantitative estimate of drug-likeness (QED) is 0.411. The van der Waals surface area contributed by atoms with E-state index in [2.05, 4.69) is 14.8 Å². The average molecular weight is 513 g/mol. The summed E-state index contributed by atoms with van der Waals surface area (Å²) < 4.78 is 52.7. The monoisotopic (exact) mass is 512 g/mol. The number of aliphatic hydroxyl groups is 2. The van der Waals surface area contributed by atoms with Crippen molar-refractivity contribution in [1.29, 1.82) is 0 Å². The molecule has 0 radical (unpaired) electrons. The molecule has 36 heavy (non-hydrogen) atoms. The smallest absolute Gasteiger partial charge is 0.395 e. The van der Waals surface area contributed by atoms with Crippen LogP contribution in [0.15, 0.2) is 36.4 Å². The number of carbonyl (C=O) groups is 1. The number of fused-ring (bicyclic) bond motifs is 2. The largest absolute Gasteiger partial charge is 0.586 e. The number of halogens is 3. The minimum Gasteiger partial charge on any atom is -0.395 e. The van der Waals surface area contributed by atoms with Crippen LogP contribution in [0.2, 0.25) is 0 Å². The molecule has 10 heteroatoms. The van der Waals surface area contributed by atoms with Crippen LogP contribution in [0.5, 0.6) is 11.5 Å². The molecule has 3 aromatic rings. The number of alkyl halides is 2. The number of rotatable bonds is 6. The second-order valence-corrected chi connectivity index (χ2v) is 10.5. The first-order valence-electron chi connectivity index (χ1n) is 11.7. The normalized spacial score (nSPS) is 18.3. The van der Waals surface area contributed by atoms with E-state index >= 15 is 4.39 Å². The minimum atomic E-state index is -3.76. The highest BCUT2D eigenvalue weighted by atomic mass is 19.3. The van der Waals surface area contributed by atoms with Crippen LogP contribution in [0.1, 0.15) is 50.6 Å². The fraction of sp³-hybridized carbons (Fsp3) is 0.423. The Hall–Kier alpha value is -3.24. The molecule has 0 spiro atoms. The molecule has 3 N–H and O–H groups in total. The first-order valence-corrected chi connectivity index (χ1v) is 11.7. The number of hydrogen-bond donors (Lipinski definition) is 3. The Balaban J connectivity index is 0.00000200. The Labute approximate surface area is 211 Å². The first kappa shape index (κ1) is 24.5. The fourth-order valence-electron chi connectivity index (χ4n) is 4.73. The molecule has 1 amide bonds. The number of aromatic nitrogens is 1. The maximum absolute atomic E-state index is 15.2. The van der Waals surface area contributed by atoms with Crippen LogP contribution >= 0.6 is 0 Å². The molecule has 0 bridgehead atoms. The number of nitrogens with zero attached hydrogens (tertiary/aromatic N) is 1. The Kier molecular flexibility index (Phi) is 5.53. The topological polar surface area (TPSA) is 93.0 Å². The Morgan fingerprint density at radius 3 is 2.50 bits per heavy atom. The van der Waals surface area contributed by atoms with Gasteiger partial charge in [-0.05, 0) is 42.7 Å².